The van der Waals surface area contributed by atoms with E-state index in [4.69, 9.17) is 23.2 Å². The first-order valence-electron chi connectivity index (χ1n) is 6.27. The van der Waals surface area contributed by atoms with Crippen LogP contribution >= 0.6 is 34.5 Å². The molecule has 0 saturated carbocycles. The molecule has 0 aliphatic carbocycles. The summed E-state index contributed by atoms with van der Waals surface area (Å²) in [5.41, 5.74) is 0.715. The van der Waals surface area contributed by atoms with Gasteiger partial charge in [-0.25, -0.2) is 0 Å². The molecule has 0 unspecified atom stereocenters. The van der Waals surface area contributed by atoms with Crippen molar-refractivity contribution in [3.63, 3.8) is 0 Å². The van der Waals surface area contributed by atoms with Crippen LogP contribution in [-0.2, 0) is 6.54 Å². The number of nitrogens with zero attached hydrogens (tertiary/aromatic N) is 2. The fraction of sp³-hybridized carbons (Fsp3) is 0.214. The number of aliphatic imine (C=N–C) groups is 1. The molecule has 0 spiro atoms. The van der Waals surface area contributed by atoms with Crippen LogP contribution in [0.15, 0.2) is 40.7 Å². The van der Waals surface area contributed by atoms with Crippen molar-refractivity contribution in [1.82, 2.24) is 4.90 Å². The van der Waals surface area contributed by atoms with Gasteiger partial charge in [0.25, 0.3) is 0 Å². The Morgan fingerprint density at radius 1 is 1.20 bits per heavy atom. The summed E-state index contributed by atoms with van der Waals surface area (Å²) in [7, 11) is 0. The molecular formula is C14H13Cl2N3S. The minimum absolute atomic E-state index is 0.600. The number of guanidine groups is 1. The average Bonchev–Trinajstić information content (AvgIpc) is 3.07. The molecule has 0 saturated heterocycles. The molecule has 1 N–H and O–H groups in total. The minimum Gasteiger partial charge on any atom is -0.336 e. The van der Waals surface area contributed by atoms with Crippen molar-refractivity contribution < 1.29 is 0 Å². The first kappa shape index (κ1) is 13.7. The first-order chi connectivity index (χ1) is 9.74. The number of hydrogen-bond acceptors (Lipinski definition) is 4. The molecule has 6 heteroatoms. The van der Waals surface area contributed by atoms with E-state index in [0.29, 0.717) is 15.7 Å². The van der Waals surface area contributed by atoms with E-state index in [1.165, 1.54) is 4.88 Å². The summed E-state index contributed by atoms with van der Waals surface area (Å²) < 4.78 is 0. The molecule has 0 amide bonds. The van der Waals surface area contributed by atoms with Crippen molar-refractivity contribution in [2.24, 2.45) is 4.99 Å². The van der Waals surface area contributed by atoms with Gasteiger partial charge >= 0.3 is 0 Å². The Morgan fingerprint density at radius 2 is 2.00 bits per heavy atom. The number of anilines is 1. The van der Waals surface area contributed by atoms with E-state index in [9.17, 15) is 0 Å². The smallest absolute Gasteiger partial charge is 0.199 e. The second-order valence-electron chi connectivity index (χ2n) is 4.43. The quantitative estimate of drug-likeness (QED) is 0.909. The molecule has 104 valence electrons. The Labute approximate surface area is 131 Å². The number of benzene rings is 1. The highest BCUT2D eigenvalue weighted by molar-refractivity contribution is 7.09. The Balaban J connectivity index is 1.76. The summed E-state index contributed by atoms with van der Waals surface area (Å²) >= 11 is 14.1. The number of rotatable bonds is 3. The van der Waals surface area contributed by atoms with Gasteiger partial charge in [0, 0.05) is 11.4 Å². The highest BCUT2D eigenvalue weighted by atomic mass is 35.5. The number of para-hydroxylation sites is 1. The lowest BCUT2D eigenvalue weighted by molar-refractivity contribution is 0.455. The molecule has 1 aromatic carbocycles. The summed E-state index contributed by atoms with van der Waals surface area (Å²) in [6, 6.07) is 9.65. The summed E-state index contributed by atoms with van der Waals surface area (Å²) in [4.78, 5) is 8.01. The molecule has 3 nitrogen and oxygen atoms in total. The maximum atomic E-state index is 6.18. The van der Waals surface area contributed by atoms with Gasteiger partial charge in [-0.05, 0) is 23.6 Å². The molecule has 0 bridgehead atoms. The van der Waals surface area contributed by atoms with Gasteiger partial charge in [0.15, 0.2) is 5.96 Å². The van der Waals surface area contributed by atoms with Crippen molar-refractivity contribution in [2.45, 2.75) is 6.54 Å². The van der Waals surface area contributed by atoms with Crippen molar-refractivity contribution in [3.05, 3.63) is 50.6 Å². The van der Waals surface area contributed by atoms with Gasteiger partial charge in [-0.3, -0.25) is 4.99 Å². The van der Waals surface area contributed by atoms with Gasteiger partial charge < -0.3 is 10.2 Å². The van der Waals surface area contributed by atoms with Crippen LogP contribution in [0.1, 0.15) is 4.88 Å². The Bertz CT molecular complexity index is 605. The van der Waals surface area contributed by atoms with Crippen LogP contribution in [-0.4, -0.2) is 23.9 Å². The van der Waals surface area contributed by atoms with E-state index in [0.717, 1.165) is 25.6 Å². The van der Waals surface area contributed by atoms with Crippen LogP contribution in [0.4, 0.5) is 5.69 Å². The summed E-state index contributed by atoms with van der Waals surface area (Å²) in [6.45, 7) is 2.55. The fourth-order valence-corrected chi connectivity index (χ4v) is 3.29. The molecular weight excluding hydrogens is 313 g/mol. The molecule has 20 heavy (non-hydrogen) atoms. The van der Waals surface area contributed by atoms with Gasteiger partial charge in [-0.15, -0.1) is 11.3 Å². The second kappa shape index (κ2) is 6.04. The maximum Gasteiger partial charge on any atom is 0.199 e. The molecule has 1 aliphatic rings. The first-order valence-corrected chi connectivity index (χ1v) is 7.90. The normalized spacial score (nSPS) is 14.5. The molecule has 0 fully saturated rings. The largest absolute Gasteiger partial charge is 0.336 e. The average molecular weight is 326 g/mol. The Hall–Kier alpha value is -1.23. The SMILES string of the molecule is Clc1cccc(Cl)c1NC1=NCCN1Cc1cccs1. The fourth-order valence-electron chi connectivity index (χ4n) is 2.07. The van der Waals surface area contributed by atoms with Gasteiger partial charge in [0.05, 0.1) is 28.8 Å². The molecule has 2 aromatic rings. The maximum absolute atomic E-state index is 6.18. The van der Waals surface area contributed by atoms with Crippen LogP contribution in [0.25, 0.3) is 0 Å². The number of halogens is 2. The van der Waals surface area contributed by atoms with Gasteiger partial charge in [0.2, 0.25) is 0 Å². The monoisotopic (exact) mass is 325 g/mol. The molecule has 2 heterocycles. The predicted molar refractivity (Wildman–Crippen MR) is 87.1 cm³/mol. The van der Waals surface area contributed by atoms with Crippen LogP contribution in [0.5, 0.6) is 0 Å². The highest BCUT2D eigenvalue weighted by Crippen LogP contribution is 2.30. The second-order valence-corrected chi connectivity index (χ2v) is 6.27. The zero-order valence-electron chi connectivity index (χ0n) is 10.6. The molecule has 0 radical (unpaired) electrons. The lowest BCUT2D eigenvalue weighted by Crippen LogP contribution is -2.32. The van der Waals surface area contributed by atoms with E-state index >= 15 is 0 Å². The van der Waals surface area contributed by atoms with E-state index in [1.807, 2.05) is 18.2 Å². The highest BCUT2D eigenvalue weighted by Gasteiger charge is 2.19. The Kier molecular flexibility index (Phi) is 4.15. The third-order valence-electron chi connectivity index (χ3n) is 3.06. The van der Waals surface area contributed by atoms with E-state index < -0.39 is 0 Å². The third kappa shape index (κ3) is 2.92. The lowest BCUT2D eigenvalue weighted by Gasteiger charge is -2.21. The number of hydrogen-bond donors (Lipinski definition) is 1. The van der Waals surface area contributed by atoms with Crippen LogP contribution in [0.3, 0.4) is 0 Å². The van der Waals surface area contributed by atoms with Gasteiger partial charge in [-0.2, -0.15) is 0 Å². The topological polar surface area (TPSA) is 27.6 Å². The van der Waals surface area contributed by atoms with Crippen LogP contribution < -0.4 is 5.32 Å². The molecule has 1 aliphatic heterocycles. The lowest BCUT2D eigenvalue weighted by atomic mass is 10.3. The minimum atomic E-state index is 0.600. The Morgan fingerprint density at radius 3 is 2.70 bits per heavy atom. The zero-order chi connectivity index (χ0) is 13.9. The number of nitrogens with one attached hydrogen (secondary N) is 1. The summed E-state index contributed by atoms with van der Waals surface area (Å²) in [5, 5.41) is 6.54. The van der Waals surface area contributed by atoms with E-state index in [-0.39, 0.29) is 0 Å². The van der Waals surface area contributed by atoms with Gasteiger partial charge in [-0.1, -0.05) is 35.3 Å². The zero-order valence-corrected chi connectivity index (χ0v) is 13.0. The van der Waals surface area contributed by atoms with Crippen molar-refractivity contribution in [2.75, 3.05) is 18.4 Å². The molecule has 1 aromatic heterocycles. The van der Waals surface area contributed by atoms with Gasteiger partial charge in [0.1, 0.15) is 0 Å². The molecule has 3 rings (SSSR count). The standard InChI is InChI=1S/C14H13Cl2N3S/c15-11-4-1-5-12(16)13(11)18-14-17-6-7-19(14)9-10-3-2-8-20-10/h1-5,8H,6-7,9H2,(H,17,18). The number of thiophene rings is 1. The summed E-state index contributed by atoms with van der Waals surface area (Å²) in [6.07, 6.45) is 0. The summed E-state index contributed by atoms with van der Waals surface area (Å²) in [5.74, 6) is 0.827. The third-order valence-corrected chi connectivity index (χ3v) is 4.55. The molecule has 0 atom stereocenters. The van der Waals surface area contributed by atoms with E-state index in [2.05, 4.69) is 32.7 Å². The van der Waals surface area contributed by atoms with E-state index in [1.54, 1.807) is 11.3 Å². The van der Waals surface area contributed by atoms with Crippen molar-refractivity contribution in [3.8, 4) is 0 Å². The van der Waals surface area contributed by atoms with Crippen LogP contribution in [0, 0.1) is 0 Å². The van der Waals surface area contributed by atoms with Crippen LogP contribution in [0.2, 0.25) is 10.0 Å². The predicted octanol–water partition coefficient (Wildman–Crippen LogP) is 4.34. The van der Waals surface area contributed by atoms with Crippen molar-refractivity contribution >= 4 is 46.2 Å². The van der Waals surface area contributed by atoms with Crippen molar-refractivity contribution in [1.29, 1.82) is 0 Å².